The summed E-state index contributed by atoms with van der Waals surface area (Å²) in [5.41, 5.74) is 8.24. The van der Waals surface area contributed by atoms with Crippen LogP contribution in [0.5, 0.6) is 0 Å². The van der Waals surface area contributed by atoms with Gasteiger partial charge in [-0.2, -0.15) is 0 Å². The maximum atomic E-state index is 11.7. The van der Waals surface area contributed by atoms with Crippen LogP contribution in [0.15, 0.2) is 24.3 Å². The molecule has 132 valence electrons. The molecular formula is C19H34N2O2. The Morgan fingerprint density at radius 2 is 1.91 bits per heavy atom. The van der Waals surface area contributed by atoms with Crippen LogP contribution in [0.3, 0.4) is 0 Å². The lowest BCUT2D eigenvalue weighted by atomic mass is 10.1. The minimum Gasteiger partial charge on any atom is -0.362 e. The Morgan fingerprint density at radius 3 is 2.52 bits per heavy atom. The summed E-state index contributed by atoms with van der Waals surface area (Å²) < 4.78 is 5.49. The smallest absolute Gasteiger partial charge is 0.234 e. The number of ether oxygens (including phenoxy) is 1. The number of amides is 1. The van der Waals surface area contributed by atoms with Crippen LogP contribution in [-0.2, 0) is 16.0 Å². The second-order valence-electron chi connectivity index (χ2n) is 5.39. The average Bonchev–Trinajstić information content (AvgIpc) is 2.58. The van der Waals surface area contributed by atoms with Crippen molar-refractivity contribution in [3.63, 3.8) is 0 Å². The predicted octanol–water partition coefficient (Wildman–Crippen LogP) is 4.13. The molecule has 4 nitrogen and oxygen atoms in total. The molecule has 0 aliphatic carbocycles. The predicted molar refractivity (Wildman–Crippen MR) is 97.1 cm³/mol. The highest BCUT2D eigenvalue weighted by molar-refractivity contribution is 5.75. The Labute approximate surface area is 142 Å². The highest BCUT2D eigenvalue weighted by Crippen LogP contribution is 2.09. The Hall–Kier alpha value is -1.39. The van der Waals surface area contributed by atoms with Gasteiger partial charge in [0.25, 0.3) is 0 Å². The van der Waals surface area contributed by atoms with E-state index in [1.165, 1.54) is 11.1 Å². The molecule has 0 bridgehead atoms. The maximum absolute atomic E-state index is 11.7. The number of hydrogen-bond donors (Lipinski definition) is 2. The zero-order chi connectivity index (χ0) is 16.2. The summed E-state index contributed by atoms with van der Waals surface area (Å²) in [5, 5.41) is 0. The number of carbonyl (C=O) groups is 1. The van der Waals surface area contributed by atoms with Gasteiger partial charge in [-0.05, 0) is 44.6 Å². The number of hydrazine groups is 1. The lowest BCUT2D eigenvalue weighted by Gasteiger charge is -2.23. The molecule has 0 saturated carbocycles. The van der Waals surface area contributed by atoms with Gasteiger partial charge in [-0.3, -0.25) is 10.2 Å². The fourth-order valence-corrected chi connectivity index (χ4v) is 2.29. The summed E-state index contributed by atoms with van der Waals surface area (Å²) in [6.07, 6.45) is 5.54. The first-order chi connectivity index (χ1) is 10.7. The molecule has 1 atom stereocenters. The number of nitrogens with one attached hydrogen (secondary N) is 2. The molecule has 1 aliphatic rings. The van der Waals surface area contributed by atoms with Gasteiger partial charge in [-0.15, -0.1) is 0 Å². The van der Waals surface area contributed by atoms with Crippen molar-refractivity contribution >= 4 is 5.91 Å². The van der Waals surface area contributed by atoms with Crippen LogP contribution >= 0.6 is 0 Å². The number of rotatable bonds is 6. The first-order valence-corrected chi connectivity index (χ1v) is 8.45. The van der Waals surface area contributed by atoms with Crippen LogP contribution < -0.4 is 10.9 Å². The van der Waals surface area contributed by atoms with Gasteiger partial charge < -0.3 is 4.74 Å². The summed E-state index contributed by atoms with van der Waals surface area (Å²) in [7, 11) is 0. The molecule has 2 rings (SSSR count). The van der Waals surface area contributed by atoms with Gasteiger partial charge >= 0.3 is 0 Å². The van der Waals surface area contributed by atoms with Gasteiger partial charge in [0.05, 0.1) is 0 Å². The van der Waals surface area contributed by atoms with Gasteiger partial charge in [0, 0.05) is 13.0 Å². The van der Waals surface area contributed by atoms with Gasteiger partial charge in [0.15, 0.2) is 0 Å². The zero-order valence-electron chi connectivity index (χ0n) is 14.2. The second kappa shape index (κ2) is 13.1. The van der Waals surface area contributed by atoms with E-state index in [0.29, 0.717) is 6.42 Å². The lowest BCUT2D eigenvalue weighted by molar-refractivity contribution is -0.124. The number of carbonyl (C=O) groups excluding carboxylic acids is 1. The monoisotopic (exact) mass is 322 g/mol. The first kappa shape index (κ1) is 21.6. The van der Waals surface area contributed by atoms with Crippen LogP contribution in [-0.4, -0.2) is 18.7 Å². The zero-order valence-corrected chi connectivity index (χ0v) is 14.2. The van der Waals surface area contributed by atoms with Crippen molar-refractivity contribution in [3.05, 3.63) is 35.4 Å². The van der Waals surface area contributed by atoms with Gasteiger partial charge in [-0.1, -0.05) is 51.1 Å². The van der Waals surface area contributed by atoms with Gasteiger partial charge in [-0.25, -0.2) is 5.43 Å². The first-order valence-electron chi connectivity index (χ1n) is 8.45. The van der Waals surface area contributed by atoms with Crippen molar-refractivity contribution in [3.8, 4) is 0 Å². The van der Waals surface area contributed by atoms with Crippen molar-refractivity contribution in [2.45, 2.75) is 73.0 Å². The van der Waals surface area contributed by atoms with E-state index in [4.69, 9.17) is 4.74 Å². The molecule has 1 saturated heterocycles. The van der Waals surface area contributed by atoms with Crippen molar-refractivity contribution in [1.29, 1.82) is 0 Å². The molecule has 1 unspecified atom stereocenters. The molecule has 1 aliphatic heterocycles. The third-order valence-electron chi connectivity index (χ3n) is 3.54. The standard InChI is InChI=1S/C16H24N2O2.C2H6.CH4/c1-13-8-10-14(11-9-13)5-4-6-15(19)17-18-16-7-2-3-12-20-16;1-2;/h8-11,16,18H,2-7,12H2,1H3,(H,17,19);1-2H3;1H4. The van der Waals surface area contributed by atoms with E-state index >= 15 is 0 Å². The average molecular weight is 322 g/mol. The van der Waals surface area contributed by atoms with Crippen molar-refractivity contribution in [2.24, 2.45) is 0 Å². The van der Waals surface area contributed by atoms with E-state index in [0.717, 1.165) is 38.7 Å². The molecule has 1 fully saturated rings. The molecule has 0 spiro atoms. The molecular weight excluding hydrogens is 288 g/mol. The fraction of sp³-hybridized carbons (Fsp3) is 0.632. The van der Waals surface area contributed by atoms with E-state index in [-0.39, 0.29) is 19.6 Å². The van der Waals surface area contributed by atoms with E-state index in [1.807, 2.05) is 13.8 Å². The third kappa shape index (κ3) is 9.36. The van der Waals surface area contributed by atoms with E-state index in [9.17, 15) is 4.79 Å². The van der Waals surface area contributed by atoms with E-state index in [2.05, 4.69) is 42.0 Å². The van der Waals surface area contributed by atoms with Crippen molar-refractivity contribution in [2.75, 3.05) is 6.61 Å². The summed E-state index contributed by atoms with van der Waals surface area (Å²) >= 11 is 0. The normalized spacial score (nSPS) is 16.6. The molecule has 1 aromatic carbocycles. The summed E-state index contributed by atoms with van der Waals surface area (Å²) in [6, 6.07) is 8.47. The minimum atomic E-state index is -0.0233. The third-order valence-corrected chi connectivity index (χ3v) is 3.54. The van der Waals surface area contributed by atoms with Crippen molar-refractivity contribution in [1.82, 2.24) is 10.9 Å². The van der Waals surface area contributed by atoms with Crippen molar-refractivity contribution < 1.29 is 9.53 Å². The highest BCUT2D eigenvalue weighted by atomic mass is 16.5. The number of benzene rings is 1. The SMILES string of the molecule is C.CC.Cc1ccc(CCCC(=O)NNC2CCCCO2)cc1. The number of hydrogen-bond acceptors (Lipinski definition) is 3. The Balaban J connectivity index is 0.00000155. The quantitative estimate of drug-likeness (QED) is 0.774. The fourth-order valence-electron chi connectivity index (χ4n) is 2.29. The van der Waals surface area contributed by atoms with Crippen LogP contribution in [0, 0.1) is 6.92 Å². The van der Waals surface area contributed by atoms with Gasteiger partial charge in [0.1, 0.15) is 6.23 Å². The van der Waals surface area contributed by atoms with Crippen LogP contribution in [0.25, 0.3) is 0 Å². The largest absolute Gasteiger partial charge is 0.362 e. The van der Waals surface area contributed by atoms with Crippen LogP contribution in [0.2, 0.25) is 0 Å². The van der Waals surface area contributed by atoms with Gasteiger partial charge in [0.2, 0.25) is 5.91 Å². The molecule has 4 heteroatoms. The Kier molecular flexibility index (Phi) is 12.3. The summed E-state index contributed by atoms with van der Waals surface area (Å²) in [5.74, 6) is 0.0336. The molecule has 1 amide bonds. The molecule has 1 aromatic rings. The lowest BCUT2D eigenvalue weighted by Crippen LogP contribution is -2.46. The molecule has 0 aromatic heterocycles. The molecule has 23 heavy (non-hydrogen) atoms. The Bertz CT molecular complexity index is 412. The number of aryl methyl sites for hydroxylation is 2. The summed E-state index contributed by atoms with van der Waals surface area (Å²) in [4.78, 5) is 11.7. The minimum absolute atomic E-state index is 0. The van der Waals surface area contributed by atoms with Crippen LogP contribution in [0.1, 0.15) is 64.5 Å². The maximum Gasteiger partial charge on any atom is 0.234 e. The Morgan fingerprint density at radius 1 is 1.22 bits per heavy atom. The highest BCUT2D eigenvalue weighted by Gasteiger charge is 2.13. The van der Waals surface area contributed by atoms with Crippen LogP contribution in [0.4, 0.5) is 0 Å². The topological polar surface area (TPSA) is 50.4 Å². The van der Waals surface area contributed by atoms with E-state index < -0.39 is 0 Å². The molecule has 2 N–H and O–H groups in total. The molecule has 1 heterocycles. The second-order valence-corrected chi connectivity index (χ2v) is 5.39. The summed E-state index contributed by atoms with van der Waals surface area (Å²) in [6.45, 7) is 6.86. The van der Waals surface area contributed by atoms with E-state index in [1.54, 1.807) is 0 Å². The molecule has 0 radical (unpaired) electrons.